The number of urea groups is 1. The highest BCUT2D eigenvalue weighted by molar-refractivity contribution is 6.20. The molecule has 0 saturated carbocycles. The number of rotatable bonds is 1. The van der Waals surface area contributed by atoms with Crippen LogP contribution in [0, 0.1) is 15.5 Å². The number of anilines is 1. The number of nitrogens with one attached hydrogen (secondary N) is 1. The van der Waals surface area contributed by atoms with E-state index in [1.54, 1.807) is 6.07 Å². The summed E-state index contributed by atoms with van der Waals surface area (Å²) in [5.74, 6) is -1.14. The number of nitrogens with zero attached hydrogens (tertiary/aromatic N) is 3. The van der Waals surface area contributed by atoms with Crippen molar-refractivity contribution in [3.63, 3.8) is 0 Å². The topological polar surface area (TPSA) is 113 Å². The summed E-state index contributed by atoms with van der Waals surface area (Å²) in [6.45, 7) is 0.662. The minimum atomic E-state index is -1.45. The quantitative estimate of drug-likeness (QED) is 0.455. The Labute approximate surface area is 155 Å². The Morgan fingerprint density at radius 3 is 2.74 bits per heavy atom. The highest BCUT2D eigenvalue weighted by Crippen LogP contribution is 2.47. The number of hydrogen-bond donors (Lipinski definition) is 1. The standard InChI is InChI=1S/C18H20N4O5/c1-20-16(24)18(15(23)19-17(20)25)10-11-9-12(22(26)27)6-7-13(11)21-8-4-2-3-5-14(18)21/h6-7,9,14H,2-5,8,10H2,1H3,(H,19,23,25). The number of nitro groups is 1. The van der Waals surface area contributed by atoms with Crippen LogP contribution in [0.2, 0.25) is 0 Å². The molecule has 1 N–H and O–H groups in total. The van der Waals surface area contributed by atoms with Gasteiger partial charge in [0, 0.05) is 37.8 Å². The van der Waals surface area contributed by atoms with E-state index in [1.165, 1.54) is 19.2 Å². The van der Waals surface area contributed by atoms with Crippen LogP contribution in [-0.2, 0) is 16.0 Å². The van der Waals surface area contributed by atoms with Crippen LogP contribution >= 0.6 is 0 Å². The van der Waals surface area contributed by atoms with Crippen LogP contribution in [0.3, 0.4) is 0 Å². The molecule has 1 aromatic carbocycles. The van der Waals surface area contributed by atoms with Crippen molar-refractivity contribution in [1.82, 2.24) is 10.2 Å². The first kappa shape index (κ1) is 17.4. The van der Waals surface area contributed by atoms with E-state index in [0.717, 1.165) is 29.8 Å². The molecule has 0 bridgehead atoms. The molecule has 0 aliphatic carbocycles. The lowest BCUT2D eigenvalue weighted by Gasteiger charge is -2.51. The number of hydrogen-bond acceptors (Lipinski definition) is 6. The fourth-order valence-electron chi connectivity index (χ4n) is 4.67. The first-order valence-corrected chi connectivity index (χ1v) is 9.04. The third-order valence-electron chi connectivity index (χ3n) is 5.99. The van der Waals surface area contributed by atoms with Crippen molar-refractivity contribution in [3.8, 4) is 0 Å². The number of amides is 4. The lowest BCUT2D eigenvalue weighted by Crippen LogP contribution is -2.71. The van der Waals surface area contributed by atoms with Crippen LogP contribution in [-0.4, -0.2) is 47.3 Å². The Bertz CT molecular complexity index is 869. The van der Waals surface area contributed by atoms with Gasteiger partial charge in [-0.25, -0.2) is 4.79 Å². The van der Waals surface area contributed by atoms with Gasteiger partial charge in [0.2, 0.25) is 11.8 Å². The maximum Gasteiger partial charge on any atom is 0.330 e. The molecule has 142 valence electrons. The van der Waals surface area contributed by atoms with Crippen molar-refractivity contribution in [2.24, 2.45) is 5.41 Å². The smallest absolute Gasteiger partial charge is 0.330 e. The molecule has 2 fully saturated rings. The van der Waals surface area contributed by atoms with Crippen LogP contribution in [0.15, 0.2) is 18.2 Å². The number of carbonyl (C=O) groups is 3. The van der Waals surface area contributed by atoms with Crippen LogP contribution < -0.4 is 10.2 Å². The number of non-ortho nitro benzene ring substituents is 1. The normalized spacial score (nSPS) is 27.7. The number of barbiturate groups is 1. The molecule has 4 amide bonds. The van der Waals surface area contributed by atoms with E-state index in [2.05, 4.69) is 5.32 Å². The Hall–Kier alpha value is -2.97. The minimum Gasteiger partial charge on any atom is -0.367 e. The van der Waals surface area contributed by atoms with E-state index in [4.69, 9.17) is 0 Å². The predicted molar refractivity (Wildman–Crippen MR) is 95.1 cm³/mol. The SMILES string of the molecule is CN1C(=O)NC(=O)C2(Cc3cc([N+](=O)[O-])ccc3N3CCCCCC32)C1=O. The highest BCUT2D eigenvalue weighted by Gasteiger charge is 2.61. The van der Waals surface area contributed by atoms with Gasteiger partial charge in [-0.1, -0.05) is 12.8 Å². The molecule has 3 heterocycles. The molecule has 9 heteroatoms. The second-order valence-corrected chi connectivity index (χ2v) is 7.40. The van der Waals surface area contributed by atoms with E-state index in [-0.39, 0.29) is 18.2 Å². The molecule has 2 unspecified atom stereocenters. The Kier molecular flexibility index (Phi) is 3.90. The van der Waals surface area contributed by atoms with Crippen molar-refractivity contribution < 1.29 is 19.3 Å². The number of carbonyl (C=O) groups excluding carboxylic acids is 3. The van der Waals surface area contributed by atoms with Crippen molar-refractivity contribution in [2.45, 2.75) is 38.1 Å². The van der Waals surface area contributed by atoms with Gasteiger partial charge in [-0.15, -0.1) is 0 Å². The average molecular weight is 372 g/mol. The van der Waals surface area contributed by atoms with Gasteiger partial charge >= 0.3 is 6.03 Å². The molecule has 3 aliphatic rings. The fourth-order valence-corrected chi connectivity index (χ4v) is 4.67. The Morgan fingerprint density at radius 2 is 2.00 bits per heavy atom. The fraction of sp³-hybridized carbons (Fsp3) is 0.500. The third kappa shape index (κ3) is 2.41. The predicted octanol–water partition coefficient (Wildman–Crippen LogP) is 1.59. The van der Waals surface area contributed by atoms with E-state index in [0.29, 0.717) is 18.5 Å². The van der Waals surface area contributed by atoms with Gasteiger partial charge in [0.25, 0.3) is 5.69 Å². The lowest BCUT2D eigenvalue weighted by molar-refractivity contribution is -0.384. The zero-order chi connectivity index (χ0) is 19.3. The molecule has 9 nitrogen and oxygen atoms in total. The van der Waals surface area contributed by atoms with Crippen molar-refractivity contribution in [1.29, 1.82) is 0 Å². The second-order valence-electron chi connectivity index (χ2n) is 7.40. The summed E-state index contributed by atoms with van der Waals surface area (Å²) >= 11 is 0. The van der Waals surface area contributed by atoms with E-state index < -0.39 is 28.2 Å². The van der Waals surface area contributed by atoms with Crippen LogP contribution in [0.4, 0.5) is 16.2 Å². The van der Waals surface area contributed by atoms with Gasteiger partial charge in [0.15, 0.2) is 5.41 Å². The summed E-state index contributed by atoms with van der Waals surface area (Å²) in [7, 11) is 1.36. The summed E-state index contributed by atoms with van der Waals surface area (Å²) in [4.78, 5) is 51.8. The maximum atomic E-state index is 13.2. The number of fused-ring (bicyclic) bond motifs is 4. The zero-order valence-electron chi connectivity index (χ0n) is 14.9. The number of nitro benzene ring substituents is 1. The second kappa shape index (κ2) is 6.04. The van der Waals surface area contributed by atoms with Gasteiger partial charge in [-0.2, -0.15) is 0 Å². The number of imide groups is 2. The molecule has 3 aliphatic heterocycles. The molecule has 0 radical (unpaired) electrons. The first-order chi connectivity index (χ1) is 12.9. The van der Waals surface area contributed by atoms with Crippen LogP contribution in [0.5, 0.6) is 0 Å². The molecule has 1 aromatic rings. The molecular formula is C18H20N4O5. The maximum absolute atomic E-state index is 13.2. The largest absolute Gasteiger partial charge is 0.367 e. The van der Waals surface area contributed by atoms with Gasteiger partial charge in [-0.3, -0.25) is 29.9 Å². The molecule has 0 aromatic heterocycles. The average Bonchev–Trinajstić information content (AvgIpc) is 2.90. The van der Waals surface area contributed by atoms with E-state index in [1.807, 2.05) is 4.90 Å². The summed E-state index contributed by atoms with van der Waals surface area (Å²) in [5.41, 5.74) is -0.105. The third-order valence-corrected chi connectivity index (χ3v) is 5.99. The molecule has 4 rings (SSSR count). The molecule has 2 saturated heterocycles. The first-order valence-electron chi connectivity index (χ1n) is 9.04. The highest BCUT2D eigenvalue weighted by atomic mass is 16.6. The molecule has 27 heavy (non-hydrogen) atoms. The summed E-state index contributed by atoms with van der Waals surface area (Å²) in [6, 6.07) is 3.49. The van der Waals surface area contributed by atoms with Gasteiger partial charge < -0.3 is 4.90 Å². The number of benzene rings is 1. The lowest BCUT2D eigenvalue weighted by atomic mass is 9.67. The van der Waals surface area contributed by atoms with E-state index >= 15 is 0 Å². The van der Waals surface area contributed by atoms with Crippen LogP contribution in [0.25, 0.3) is 0 Å². The van der Waals surface area contributed by atoms with E-state index in [9.17, 15) is 24.5 Å². The Morgan fingerprint density at radius 1 is 1.22 bits per heavy atom. The van der Waals surface area contributed by atoms with Gasteiger partial charge in [-0.05, 0) is 24.5 Å². The molecular weight excluding hydrogens is 352 g/mol. The zero-order valence-corrected chi connectivity index (χ0v) is 14.9. The molecule has 1 spiro atoms. The van der Waals surface area contributed by atoms with Crippen LogP contribution in [0.1, 0.15) is 31.2 Å². The van der Waals surface area contributed by atoms with Gasteiger partial charge in [0.1, 0.15) is 0 Å². The summed E-state index contributed by atoms with van der Waals surface area (Å²) in [5, 5.41) is 13.5. The van der Waals surface area contributed by atoms with Crippen molar-refractivity contribution >= 4 is 29.2 Å². The summed E-state index contributed by atoms with van der Waals surface area (Å²) < 4.78 is 0. The monoisotopic (exact) mass is 372 g/mol. The summed E-state index contributed by atoms with van der Waals surface area (Å²) in [6.07, 6.45) is 3.47. The van der Waals surface area contributed by atoms with Crippen molar-refractivity contribution in [3.05, 3.63) is 33.9 Å². The van der Waals surface area contributed by atoms with Gasteiger partial charge in [0.05, 0.1) is 11.0 Å². The minimum absolute atomic E-state index is 0.0491. The van der Waals surface area contributed by atoms with Crippen molar-refractivity contribution in [2.75, 3.05) is 18.5 Å². The molecule has 2 atom stereocenters. The Balaban J connectivity index is 1.91.